The van der Waals surface area contributed by atoms with Gasteiger partial charge in [-0.15, -0.1) is 10.2 Å². The zero-order valence-corrected chi connectivity index (χ0v) is 14.8. The fraction of sp³-hybridized carbons (Fsp3) is 0.0588. The molecule has 4 rings (SSSR count). The Morgan fingerprint density at radius 3 is 2.52 bits per heavy atom. The number of halogens is 1. The zero-order valence-electron chi connectivity index (χ0n) is 13.2. The van der Waals surface area contributed by atoms with Gasteiger partial charge in [0, 0.05) is 15.7 Å². The SMILES string of the molecule is Cc1ccc(-c2nnc(-n3ncc(Nc4ccc(Br)cc4)n3)o2)cc1. The fourth-order valence-corrected chi connectivity index (χ4v) is 2.47. The molecule has 7 nitrogen and oxygen atoms in total. The number of aryl methyl sites for hydroxylation is 1. The topological polar surface area (TPSA) is 81.7 Å². The molecule has 1 N–H and O–H groups in total. The maximum absolute atomic E-state index is 5.66. The number of benzene rings is 2. The minimum Gasteiger partial charge on any atom is -0.401 e. The Morgan fingerprint density at radius 1 is 1.00 bits per heavy atom. The first-order valence-electron chi connectivity index (χ1n) is 7.53. The molecule has 0 aliphatic rings. The molecule has 0 radical (unpaired) electrons. The second-order valence-electron chi connectivity index (χ2n) is 5.41. The minimum atomic E-state index is 0.208. The van der Waals surface area contributed by atoms with Crippen LogP contribution >= 0.6 is 15.9 Å². The Bertz CT molecular complexity index is 991. The molecule has 0 saturated carbocycles. The lowest BCUT2D eigenvalue weighted by Crippen LogP contribution is -1.99. The number of nitrogens with zero attached hydrogens (tertiary/aromatic N) is 5. The molecule has 8 heteroatoms. The molecule has 4 aromatic rings. The molecule has 0 saturated heterocycles. The molecule has 0 amide bonds. The smallest absolute Gasteiger partial charge is 0.361 e. The van der Waals surface area contributed by atoms with Crippen LogP contribution in [0.1, 0.15) is 5.56 Å². The van der Waals surface area contributed by atoms with Gasteiger partial charge in [0.05, 0.1) is 6.20 Å². The predicted octanol–water partition coefficient (Wildman–Crippen LogP) is 4.13. The summed E-state index contributed by atoms with van der Waals surface area (Å²) in [5, 5.41) is 19.7. The zero-order chi connectivity index (χ0) is 17.2. The van der Waals surface area contributed by atoms with Crippen LogP contribution in [0, 0.1) is 6.92 Å². The molecule has 0 fully saturated rings. The van der Waals surface area contributed by atoms with Gasteiger partial charge in [0.15, 0.2) is 5.82 Å². The second-order valence-corrected chi connectivity index (χ2v) is 6.32. The lowest BCUT2D eigenvalue weighted by molar-refractivity contribution is 0.496. The second kappa shape index (κ2) is 6.48. The van der Waals surface area contributed by atoms with Crippen LogP contribution in [-0.2, 0) is 0 Å². The van der Waals surface area contributed by atoms with E-state index in [1.807, 2.05) is 55.5 Å². The Labute approximate surface area is 151 Å². The summed E-state index contributed by atoms with van der Waals surface area (Å²) in [6.07, 6.45) is 1.60. The molecule has 0 unspecified atom stereocenters. The van der Waals surface area contributed by atoms with Crippen LogP contribution in [0.2, 0.25) is 0 Å². The van der Waals surface area contributed by atoms with Crippen LogP contribution in [0.15, 0.2) is 63.6 Å². The van der Waals surface area contributed by atoms with Crippen molar-refractivity contribution in [3.8, 4) is 17.5 Å². The van der Waals surface area contributed by atoms with E-state index in [0.29, 0.717) is 11.7 Å². The molecule has 124 valence electrons. The van der Waals surface area contributed by atoms with Crippen LogP contribution in [0.25, 0.3) is 17.5 Å². The molecule has 0 aliphatic carbocycles. The summed E-state index contributed by atoms with van der Waals surface area (Å²) in [7, 11) is 0. The van der Waals surface area contributed by atoms with Crippen LogP contribution in [0.4, 0.5) is 11.5 Å². The van der Waals surface area contributed by atoms with Gasteiger partial charge in [0.1, 0.15) is 0 Å². The Hall–Kier alpha value is -3.00. The van der Waals surface area contributed by atoms with Gasteiger partial charge in [-0.25, -0.2) is 0 Å². The Balaban J connectivity index is 1.54. The highest BCUT2D eigenvalue weighted by Gasteiger charge is 2.12. The average Bonchev–Trinajstić information content (AvgIpc) is 3.27. The van der Waals surface area contributed by atoms with Crippen LogP contribution in [-0.4, -0.2) is 25.2 Å². The van der Waals surface area contributed by atoms with E-state index in [2.05, 4.69) is 41.6 Å². The molecule has 2 heterocycles. The predicted molar refractivity (Wildman–Crippen MR) is 96.8 cm³/mol. The quantitative estimate of drug-likeness (QED) is 0.558. The van der Waals surface area contributed by atoms with E-state index in [1.165, 1.54) is 10.4 Å². The van der Waals surface area contributed by atoms with Crippen LogP contribution in [0.3, 0.4) is 0 Å². The lowest BCUT2D eigenvalue weighted by Gasteiger charge is -2.01. The maximum atomic E-state index is 5.66. The highest BCUT2D eigenvalue weighted by Crippen LogP contribution is 2.20. The van der Waals surface area contributed by atoms with Crippen LogP contribution in [0.5, 0.6) is 0 Å². The van der Waals surface area contributed by atoms with Gasteiger partial charge in [-0.1, -0.05) is 43.5 Å². The summed E-state index contributed by atoms with van der Waals surface area (Å²) < 4.78 is 6.67. The van der Waals surface area contributed by atoms with Crippen molar-refractivity contribution in [2.75, 3.05) is 5.32 Å². The number of hydrogen-bond donors (Lipinski definition) is 1. The van der Waals surface area contributed by atoms with Crippen molar-refractivity contribution in [3.05, 3.63) is 64.8 Å². The van der Waals surface area contributed by atoms with Crippen molar-refractivity contribution >= 4 is 27.4 Å². The van der Waals surface area contributed by atoms with E-state index < -0.39 is 0 Å². The van der Waals surface area contributed by atoms with Crippen LogP contribution < -0.4 is 5.32 Å². The molecule has 2 aromatic carbocycles. The normalized spacial score (nSPS) is 10.8. The summed E-state index contributed by atoms with van der Waals surface area (Å²) in [5.74, 6) is 1.01. The third kappa shape index (κ3) is 3.43. The molecule has 0 spiro atoms. The van der Waals surface area contributed by atoms with E-state index in [-0.39, 0.29) is 6.01 Å². The molecular formula is C17H13BrN6O. The first kappa shape index (κ1) is 15.5. The number of hydrogen-bond acceptors (Lipinski definition) is 6. The first-order chi connectivity index (χ1) is 12.2. The molecular weight excluding hydrogens is 384 g/mol. The summed E-state index contributed by atoms with van der Waals surface area (Å²) in [6.45, 7) is 2.02. The summed E-state index contributed by atoms with van der Waals surface area (Å²) in [4.78, 5) is 1.30. The Kier molecular flexibility index (Phi) is 4.02. The molecule has 25 heavy (non-hydrogen) atoms. The van der Waals surface area contributed by atoms with E-state index in [1.54, 1.807) is 6.20 Å². The summed E-state index contributed by atoms with van der Waals surface area (Å²) >= 11 is 3.40. The average molecular weight is 397 g/mol. The van der Waals surface area contributed by atoms with Gasteiger partial charge in [0.2, 0.25) is 5.89 Å². The number of aromatic nitrogens is 5. The minimum absolute atomic E-state index is 0.208. The van der Waals surface area contributed by atoms with Crippen molar-refractivity contribution in [2.45, 2.75) is 6.92 Å². The van der Waals surface area contributed by atoms with E-state index in [4.69, 9.17) is 4.42 Å². The highest BCUT2D eigenvalue weighted by atomic mass is 79.9. The van der Waals surface area contributed by atoms with Crippen molar-refractivity contribution in [1.82, 2.24) is 25.2 Å². The third-order valence-corrected chi connectivity index (χ3v) is 4.02. The molecule has 0 aliphatic heterocycles. The standard InChI is InChI=1S/C17H13BrN6O/c1-11-2-4-12(5-3-11)16-21-22-17(25-16)24-19-10-15(23-24)20-14-8-6-13(18)7-9-14/h2-10H,1H3,(H,20,23). The monoisotopic (exact) mass is 396 g/mol. The maximum Gasteiger partial charge on any atom is 0.361 e. The van der Waals surface area contributed by atoms with Gasteiger partial charge >= 0.3 is 6.01 Å². The largest absolute Gasteiger partial charge is 0.401 e. The van der Waals surface area contributed by atoms with E-state index in [0.717, 1.165) is 15.7 Å². The van der Waals surface area contributed by atoms with Gasteiger partial charge in [0.25, 0.3) is 0 Å². The van der Waals surface area contributed by atoms with Crippen molar-refractivity contribution < 1.29 is 4.42 Å². The summed E-state index contributed by atoms with van der Waals surface area (Å²) in [5.41, 5.74) is 2.92. The highest BCUT2D eigenvalue weighted by molar-refractivity contribution is 9.10. The van der Waals surface area contributed by atoms with Crippen molar-refractivity contribution in [2.24, 2.45) is 0 Å². The van der Waals surface area contributed by atoms with E-state index >= 15 is 0 Å². The molecule has 2 aromatic heterocycles. The molecule has 0 atom stereocenters. The molecule has 0 bridgehead atoms. The fourth-order valence-electron chi connectivity index (χ4n) is 2.20. The summed E-state index contributed by atoms with van der Waals surface area (Å²) in [6, 6.07) is 15.8. The van der Waals surface area contributed by atoms with E-state index in [9.17, 15) is 0 Å². The third-order valence-electron chi connectivity index (χ3n) is 3.49. The van der Waals surface area contributed by atoms with Crippen molar-refractivity contribution in [1.29, 1.82) is 0 Å². The first-order valence-corrected chi connectivity index (χ1v) is 8.32. The van der Waals surface area contributed by atoms with Gasteiger partial charge < -0.3 is 9.73 Å². The van der Waals surface area contributed by atoms with Gasteiger partial charge in [-0.2, -0.15) is 5.10 Å². The number of nitrogens with one attached hydrogen (secondary N) is 1. The lowest BCUT2D eigenvalue weighted by atomic mass is 10.1. The van der Waals surface area contributed by atoms with Crippen molar-refractivity contribution in [3.63, 3.8) is 0 Å². The van der Waals surface area contributed by atoms with Gasteiger partial charge in [-0.3, -0.25) is 0 Å². The van der Waals surface area contributed by atoms with Gasteiger partial charge in [-0.05, 0) is 43.3 Å². The number of anilines is 2. The Morgan fingerprint density at radius 2 is 1.76 bits per heavy atom. The number of rotatable bonds is 4.